The molecule has 5 heteroatoms. The first-order chi connectivity index (χ1) is 14.6. The second-order valence-electron chi connectivity index (χ2n) is 8.34. The number of nitrogens with zero attached hydrogens (tertiary/aromatic N) is 2. The van der Waals surface area contributed by atoms with E-state index in [4.69, 9.17) is 0 Å². The fraction of sp³-hybridized carbons (Fsp3) is 0.320. The van der Waals surface area contributed by atoms with E-state index in [0.717, 1.165) is 11.3 Å². The van der Waals surface area contributed by atoms with Crippen LogP contribution in [-0.4, -0.2) is 22.6 Å². The number of hydrogen-bond acceptors (Lipinski definition) is 3. The summed E-state index contributed by atoms with van der Waals surface area (Å²) >= 11 is 0. The minimum absolute atomic E-state index is 0.0870. The number of allylic oxidation sites excluding steroid dienone is 2. The predicted octanol–water partition coefficient (Wildman–Crippen LogP) is 4.08. The van der Waals surface area contributed by atoms with Gasteiger partial charge in [-0.25, -0.2) is 0 Å². The van der Waals surface area contributed by atoms with Crippen molar-refractivity contribution in [2.75, 3.05) is 4.90 Å². The van der Waals surface area contributed by atoms with E-state index in [0.29, 0.717) is 24.9 Å². The van der Waals surface area contributed by atoms with Gasteiger partial charge in [0.2, 0.25) is 17.7 Å². The topological polar surface area (TPSA) is 57.7 Å². The first-order valence-corrected chi connectivity index (χ1v) is 10.6. The highest BCUT2D eigenvalue weighted by atomic mass is 16.2. The standard InChI is InChI=1S/C25H24N2O3/c1-16(17-8-4-2-5-9-17)26-21-14-12-20-23(19(21)13-15-22(26)28)25(30)27(24(20)29)18-10-6-3-7-11-18/h2-11,14,16,19-20,23H,12-13,15H2,1H3. The zero-order valence-corrected chi connectivity index (χ0v) is 16.9. The van der Waals surface area contributed by atoms with Gasteiger partial charge >= 0.3 is 0 Å². The van der Waals surface area contributed by atoms with Gasteiger partial charge in [-0.3, -0.25) is 19.3 Å². The van der Waals surface area contributed by atoms with E-state index in [-0.39, 0.29) is 35.6 Å². The maximum atomic E-state index is 13.4. The van der Waals surface area contributed by atoms with E-state index in [1.165, 1.54) is 4.90 Å². The molecular formula is C25H24N2O3. The Kier molecular flexibility index (Phi) is 4.54. The Morgan fingerprint density at radius 1 is 0.867 bits per heavy atom. The summed E-state index contributed by atoms with van der Waals surface area (Å²) in [6.07, 6.45) is 3.54. The fourth-order valence-electron chi connectivity index (χ4n) is 5.33. The molecule has 152 valence electrons. The lowest BCUT2D eigenvalue weighted by Crippen LogP contribution is -2.45. The fourth-order valence-corrected chi connectivity index (χ4v) is 5.33. The van der Waals surface area contributed by atoms with Crippen LogP contribution in [0.2, 0.25) is 0 Å². The van der Waals surface area contributed by atoms with Crippen molar-refractivity contribution in [1.29, 1.82) is 0 Å². The van der Waals surface area contributed by atoms with Gasteiger partial charge in [-0.1, -0.05) is 54.6 Å². The molecule has 4 unspecified atom stereocenters. The van der Waals surface area contributed by atoms with Crippen molar-refractivity contribution in [2.24, 2.45) is 17.8 Å². The minimum atomic E-state index is -0.392. The van der Waals surface area contributed by atoms with Gasteiger partial charge in [0.05, 0.1) is 23.6 Å². The van der Waals surface area contributed by atoms with Crippen molar-refractivity contribution in [2.45, 2.75) is 32.2 Å². The summed E-state index contributed by atoms with van der Waals surface area (Å²) in [7, 11) is 0. The van der Waals surface area contributed by atoms with Crippen molar-refractivity contribution in [3.8, 4) is 0 Å². The number of benzene rings is 2. The summed E-state index contributed by atoms with van der Waals surface area (Å²) in [4.78, 5) is 42.7. The summed E-state index contributed by atoms with van der Waals surface area (Å²) in [5, 5.41) is 0. The van der Waals surface area contributed by atoms with Crippen molar-refractivity contribution in [3.63, 3.8) is 0 Å². The van der Waals surface area contributed by atoms with E-state index in [2.05, 4.69) is 0 Å². The average Bonchev–Trinajstić information content (AvgIpc) is 3.04. The summed E-state index contributed by atoms with van der Waals surface area (Å²) in [6.45, 7) is 2.03. The molecule has 2 aliphatic heterocycles. The molecule has 2 saturated heterocycles. The SMILES string of the molecule is CC(c1ccccc1)N1C(=O)CCC2C1=CCC1C(=O)N(c3ccccc3)C(=O)C12. The number of hydrogen-bond donors (Lipinski definition) is 0. The Morgan fingerprint density at radius 2 is 1.53 bits per heavy atom. The molecular weight excluding hydrogens is 376 g/mol. The number of amides is 3. The van der Waals surface area contributed by atoms with E-state index in [1.54, 1.807) is 12.1 Å². The smallest absolute Gasteiger partial charge is 0.238 e. The number of fused-ring (bicyclic) bond motifs is 3. The lowest BCUT2D eigenvalue weighted by atomic mass is 9.71. The van der Waals surface area contributed by atoms with Gasteiger partial charge in [-0.05, 0) is 37.5 Å². The lowest BCUT2D eigenvalue weighted by Gasteiger charge is -2.44. The summed E-state index contributed by atoms with van der Waals surface area (Å²) in [5.41, 5.74) is 2.61. The first-order valence-electron chi connectivity index (χ1n) is 10.6. The van der Waals surface area contributed by atoms with Crippen LogP contribution >= 0.6 is 0 Å². The number of rotatable bonds is 3. The molecule has 0 aromatic heterocycles. The largest absolute Gasteiger partial charge is 0.309 e. The molecule has 30 heavy (non-hydrogen) atoms. The average molecular weight is 400 g/mol. The van der Waals surface area contributed by atoms with Crippen LogP contribution in [-0.2, 0) is 14.4 Å². The third-order valence-corrected chi connectivity index (χ3v) is 6.77. The summed E-state index contributed by atoms with van der Waals surface area (Å²) in [6, 6.07) is 19.0. The third kappa shape index (κ3) is 2.80. The van der Waals surface area contributed by atoms with Gasteiger partial charge in [-0.15, -0.1) is 0 Å². The van der Waals surface area contributed by atoms with Crippen LogP contribution in [0.15, 0.2) is 72.4 Å². The van der Waals surface area contributed by atoms with Crippen LogP contribution in [0.3, 0.4) is 0 Å². The Bertz CT molecular complexity index is 1030. The van der Waals surface area contributed by atoms with Gasteiger partial charge in [-0.2, -0.15) is 0 Å². The molecule has 5 rings (SSSR count). The van der Waals surface area contributed by atoms with Crippen LogP contribution in [0, 0.1) is 17.8 Å². The molecule has 1 aliphatic carbocycles. The second-order valence-corrected chi connectivity index (χ2v) is 8.34. The highest BCUT2D eigenvalue weighted by molar-refractivity contribution is 6.22. The monoisotopic (exact) mass is 400 g/mol. The van der Waals surface area contributed by atoms with E-state index in [1.807, 2.05) is 66.4 Å². The van der Waals surface area contributed by atoms with Crippen molar-refractivity contribution < 1.29 is 14.4 Å². The number of carbonyl (C=O) groups excluding carboxylic acids is 3. The summed E-state index contributed by atoms with van der Waals surface area (Å²) in [5.74, 6) is -0.994. The van der Waals surface area contributed by atoms with E-state index >= 15 is 0 Å². The number of anilines is 1. The lowest BCUT2D eigenvalue weighted by molar-refractivity contribution is -0.136. The molecule has 0 N–H and O–H groups in total. The molecule has 3 amide bonds. The van der Waals surface area contributed by atoms with Crippen LogP contribution in [0.25, 0.3) is 0 Å². The van der Waals surface area contributed by atoms with Gasteiger partial charge in [0, 0.05) is 18.0 Å². The van der Waals surface area contributed by atoms with Crippen LogP contribution in [0.4, 0.5) is 5.69 Å². The summed E-state index contributed by atoms with van der Waals surface area (Å²) < 4.78 is 0. The molecule has 5 nitrogen and oxygen atoms in total. The van der Waals surface area contributed by atoms with Crippen LogP contribution in [0.5, 0.6) is 0 Å². The zero-order valence-electron chi connectivity index (χ0n) is 16.9. The van der Waals surface area contributed by atoms with E-state index in [9.17, 15) is 14.4 Å². The number of piperidine rings is 1. The normalized spacial score (nSPS) is 26.9. The number of carbonyl (C=O) groups is 3. The first kappa shape index (κ1) is 18.8. The van der Waals surface area contributed by atoms with Crippen molar-refractivity contribution >= 4 is 23.4 Å². The molecule has 0 saturated carbocycles. The van der Waals surface area contributed by atoms with Gasteiger partial charge in [0.25, 0.3) is 0 Å². The Hall–Kier alpha value is -3.21. The molecule has 2 fully saturated rings. The van der Waals surface area contributed by atoms with Crippen LogP contribution in [0.1, 0.15) is 37.8 Å². The molecule has 2 aromatic rings. The second kappa shape index (κ2) is 7.24. The zero-order chi connectivity index (χ0) is 20.8. The minimum Gasteiger partial charge on any atom is -0.309 e. The molecule has 0 radical (unpaired) electrons. The maximum Gasteiger partial charge on any atom is 0.238 e. The van der Waals surface area contributed by atoms with Crippen LogP contribution < -0.4 is 4.90 Å². The highest BCUT2D eigenvalue weighted by Crippen LogP contribution is 2.49. The molecule has 2 heterocycles. The number of likely N-dealkylation sites (tertiary alicyclic amines) is 1. The van der Waals surface area contributed by atoms with E-state index < -0.39 is 5.92 Å². The van der Waals surface area contributed by atoms with Crippen molar-refractivity contribution in [1.82, 2.24) is 4.90 Å². The number of imide groups is 1. The predicted molar refractivity (Wildman–Crippen MR) is 113 cm³/mol. The van der Waals surface area contributed by atoms with Gasteiger partial charge < -0.3 is 4.90 Å². The maximum absolute atomic E-state index is 13.4. The Morgan fingerprint density at radius 3 is 2.23 bits per heavy atom. The molecule has 4 atom stereocenters. The molecule has 2 aromatic carbocycles. The Balaban J connectivity index is 1.49. The number of para-hydroxylation sites is 1. The molecule has 0 bridgehead atoms. The van der Waals surface area contributed by atoms with Gasteiger partial charge in [0.1, 0.15) is 0 Å². The molecule has 3 aliphatic rings. The Labute approximate surface area is 176 Å². The third-order valence-electron chi connectivity index (χ3n) is 6.77. The highest BCUT2D eigenvalue weighted by Gasteiger charge is 2.55. The quantitative estimate of drug-likeness (QED) is 0.730. The van der Waals surface area contributed by atoms with Crippen molar-refractivity contribution in [3.05, 3.63) is 78.0 Å². The van der Waals surface area contributed by atoms with Gasteiger partial charge in [0.15, 0.2) is 0 Å². The molecule has 0 spiro atoms.